The van der Waals surface area contributed by atoms with Crippen LogP contribution in [0.3, 0.4) is 0 Å². The van der Waals surface area contributed by atoms with Crippen LogP contribution in [0.5, 0.6) is 0 Å². The maximum Gasteiger partial charge on any atom is 0.266 e. The third-order valence-corrected chi connectivity index (χ3v) is 1.29. The summed E-state index contributed by atoms with van der Waals surface area (Å²) in [7, 11) is 0. The molecule has 0 saturated heterocycles. The summed E-state index contributed by atoms with van der Waals surface area (Å²) in [4.78, 5) is 0. The van der Waals surface area contributed by atoms with Gasteiger partial charge in [-0.2, -0.15) is 0 Å². The van der Waals surface area contributed by atoms with E-state index in [4.69, 9.17) is 92.8 Å². The molecule has 0 aliphatic rings. The molecule has 0 N–H and O–H groups in total. The molecule has 0 unspecified atom stereocenters. The standard InChI is InChI=1S/C2Cl4.CCl4/c3-1(4)2(5)6;2-1(3,4)5. The van der Waals surface area contributed by atoms with Crippen LogP contribution in [-0.2, 0) is 0 Å². The second-order valence-electron chi connectivity index (χ2n) is 0.949. The van der Waals surface area contributed by atoms with Gasteiger partial charge in [-0.25, -0.2) is 0 Å². The summed E-state index contributed by atoms with van der Waals surface area (Å²) in [6, 6.07) is 0. The minimum Gasteiger partial charge on any atom is -0.0682 e. The van der Waals surface area contributed by atoms with Crippen molar-refractivity contribution in [3.8, 4) is 0 Å². The third kappa shape index (κ3) is 33.2. The topological polar surface area (TPSA) is 0 Å². The first-order chi connectivity index (χ1) is 4.64. The predicted octanol–water partition coefficient (Wildman–Crippen LogP) is 5.62. The molecule has 0 nitrogen and oxygen atoms in total. The molecular weight excluding hydrogens is 320 g/mol. The molecule has 0 aromatic rings. The largest absolute Gasteiger partial charge is 0.266 e. The van der Waals surface area contributed by atoms with Crippen molar-refractivity contribution in [3.05, 3.63) is 8.98 Å². The van der Waals surface area contributed by atoms with E-state index in [0.29, 0.717) is 0 Å². The second kappa shape index (κ2) is 7.46. The fourth-order valence-corrected chi connectivity index (χ4v) is 0. The maximum atomic E-state index is 4.99. The van der Waals surface area contributed by atoms with Crippen LogP contribution in [0, 0.1) is 0 Å². The van der Waals surface area contributed by atoms with Gasteiger partial charge in [0.25, 0.3) is 3.25 Å². The molecule has 0 amide bonds. The van der Waals surface area contributed by atoms with Crippen LogP contribution in [0.15, 0.2) is 8.98 Å². The minimum absolute atomic E-state index is 0.0988. The Hall–Kier alpha value is 2.06. The average molecular weight is 320 g/mol. The van der Waals surface area contributed by atoms with E-state index < -0.39 is 3.25 Å². The lowest BCUT2D eigenvalue weighted by atomic mass is 11.2. The Morgan fingerprint density at radius 2 is 0.727 bits per heavy atom. The molecule has 0 rings (SSSR count). The van der Waals surface area contributed by atoms with Crippen molar-refractivity contribution in [2.75, 3.05) is 0 Å². The van der Waals surface area contributed by atoms with Crippen molar-refractivity contribution < 1.29 is 0 Å². The van der Waals surface area contributed by atoms with Crippen LogP contribution >= 0.6 is 92.8 Å². The van der Waals surface area contributed by atoms with E-state index in [0.717, 1.165) is 0 Å². The van der Waals surface area contributed by atoms with Gasteiger partial charge in [0.15, 0.2) is 0 Å². The monoisotopic (exact) mass is 316 g/mol. The smallest absolute Gasteiger partial charge is 0.0682 e. The molecule has 0 atom stereocenters. The van der Waals surface area contributed by atoms with E-state index >= 15 is 0 Å². The minimum atomic E-state index is -1.61. The van der Waals surface area contributed by atoms with Gasteiger partial charge in [0, 0.05) is 0 Å². The Morgan fingerprint density at radius 1 is 0.636 bits per heavy atom. The number of alkyl halides is 4. The Labute approximate surface area is 104 Å². The Kier molecular flexibility index (Phi) is 10.5. The van der Waals surface area contributed by atoms with Gasteiger partial charge < -0.3 is 0 Å². The fourth-order valence-electron chi connectivity index (χ4n) is 0. The normalized spacial score (nSPS) is 9.82. The van der Waals surface area contributed by atoms with Crippen LogP contribution < -0.4 is 0 Å². The van der Waals surface area contributed by atoms with Crippen LogP contribution in [0.1, 0.15) is 0 Å². The summed E-state index contributed by atoms with van der Waals surface area (Å²) < 4.78 is -1.81. The zero-order valence-corrected chi connectivity index (χ0v) is 10.6. The first-order valence-electron chi connectivity index (χ1n) is 1.76. The van der Waals surface area contributed by atoms with Crippen molar-refractivity contribution in [2.45, 2.75) is 3.25 Å². The van der Waals surface area contributed by atoms with Crippen LogP contribution in [0.25, 0.3) is 0 Å². The molecule has 8 heteroatoms. The van der Waals surface area contributed by atoms with E-state index in [9.17, 15) is 0 Å². The van der Waals surface area contributed by atoms with Crippen molar-refractivity contribution in [3.63, 3.8) is 0 Å². The summed E-state index contributed by atoms with van der Waals surface area (Å²) >= 11 is 39.3. The first kappa shape index (κ1) is 15.5. The summed E-state index contributed by atoms with van der Waals surface area (Å²) in [6.45, 7) is 0. The number of hydrogen-bond acceptors (Lipinski definition) is 0. The van der Waals surface area contributed by atoms with Gasteiger partial charge in [0.1, 0.15) is 8.98 Å². The van der Waals surface area contributed by atoms with Gasteiger partial charge in [-0.1, -0.05) is 92.8 Å². The van der Waals surface area contributed by atoms with Gasteiger partial charge in [-0.3, -0.25) is 0 Å². The zero-order valence-electron chi connectivity index (χ0n) is 4.52. The average Bonchev–Trinajstić information content (AvgIpc) is 1.59. The molecule has 0 heterocycles. The van der Waals surface area contributed by atoms with E-state index in [1.165, 1.54) is 0 Å². The molecule has 0 spiro atoms. The molecule has 0 aliphatic heterocycles. The van der Waals surface area contributed by atoms with E-state index in [1.807, 2.05) is 0 Å². The second-order valence-corrected chi connectivity index (χ2v) is 6.28. The molecule has 0 fully saturated rings. The highest BCUT2D eigenvalue weighted by atomic mass is 35.6. The lowest BCUT2D eigenvalue weighted by Crippen LogP contribution is -1.81. The molecular formula is C3Cl8. The summed E-state index contributed by atoms with van der Waals surface area (Å²) in [5.41, 5.74) is 0. The first-order valence-corrected chi connectivity index (χ1v) is 4.79. The molecule has 0 aliphatic carbocycles. The lowest BCUT2D eigenvalue weighted by Gasteiger charge is -1.91. The van der Waals surface area contributed by atoms with Crippen molar-refractivity contribution >= 4 is 92.8 Å². The predicted molar refractivity (Wildman–Crippen MR) is 56.6 cm³/mol. The molecule has 11 heavy (non-hydrogen) atoms. The maximum absolute atomic E-state index is 4.99. The van der Waals surface area contributed by atoms with Gasteiger partial charge >= 0.3 is 0 Å². The van der Waals surface area contributed by atoms with Gasteiger partial charge in [-0.05, 0) is 0 Å². The Morgan fingerprint density at radius 3 is 0.727 bits per heavy atom. The molecule has 0 bridgehead atoms. The Bertz CT molecular complexity index is 107. The summed E-state index contributed by atoms with van der Waals surface area (Å²) in [5.74, 6) is 0. The molecule has 0 aromatic heterocycles. The number of rotatable bonds is 0. The fraction of sp³-hybridized carbons (Fsp3) is 0.333. The lowest BCUT2D eigenvalue weighted by molar-refractivity contribution is 1.76. The highest BCUT2D eigenvalue weighted by Gasteiger charge is 2.11. The summed E-state index contributed by atoms with van der Waals surface area (Å²) in [6.07, 6.45) is 0. The Balaban J connectivity index is 0. The van der Waals surface area contributed by atoms with E-state index in [-0.39, 0.29) is 8.98 Å². The summed E-state index contributed by atoms with van der Waals surface area (Å²) in [5, 5.41) is 0. The number of halogens is 8. The molecule has 68 valence electrons. The highest BCUT2D eigenvalue weighted by molar-refractivity contribution is 6.83. The zero-order chi connectivity index (χ0) is 9.65. The third-order valence-electron chi connectivity index (χ3n) is 0.143. The van der Waals surface area contributed by atoms with Gasteiger partial charge in [0.2, 0.25) is 0 Å². The number of hydrogen-bond donors (Lipinski definition) is 0. The molecule has 0 radical (unpaired) electrons. The SMILES string of the molecule is ClC(Cl)(Cl)Cl.ClC(Cl)=C(Cl)Cl. The highest BCUT2D eigenvalue weighted by Crippen LogP contribution is 2.29. The molecule has 0 aromatic carbocycles. The molecule has 0 saturated carbocycles. The van der Waals surface area contributed by atoms with E-state index in [1.54, 1.807) is 0 Å². The van der Waals surface area contributed by atoms with E-state index in [2.05, 4.69) is 0 Å². The van der Waals surface area contributed by atoms with Crippen molar-refractivity contribution in [1.82, 2.24) is 0 Å². The van der Waals surface area contributed by atoms with Crippen molar-refractivity contribution in [2.24, 2.45) is 0 Å². The van der Waals surface area contributed by atoms with Crippen LogP contribution in [-0.4, -0.2) is 3.25 Å². The van der Waals surface area contributed by atoms with Gasteiger partial charge in [0.05, 0.1) is 0 Å². The quantitative estimate of drug-likeness (QED) is 0.508. The van der Waals surface area contributed by atoms with Crippen LogP contribution in [0.2, 0.25) is 0 Å². The van der Waals surface area contributed by atoms with Crippen molar-refractivity contribution in [1.29, 1.82) is 0 Å². The van der Waals surface area contributed by atoms with Crippen LogP contribution in [0.4, 0.5) is 0 Å². The van der Waals surface area contributed by atoms with Gasteiger partial charge in [-0.15, -0.1) is 0 Å².